The van der Waals surface area contributed by atoms with E-state index in [1.807, 2.05) is 29.0 Å². The largest absolute Gasteiger partial charge is 0.373 e. The molecule has 1 amide bonds. The number of rotatable bonds is 2. The summed E-state index contributed by atoms with van der Waals surface area (Å²) in [5, 5.41) is 7.68. The Morgan fingerprint density at radius 2 is 2.04 bits per heavy atom. The molecule has 4 rings (SSSR count). The number of benzene rings is 1. The molecule has 25 heavy (non-hydrogen) atoms. The number of nitrogens with zero attached hydrogens (tertiary/aromatic N) is 4. The maximum Gasteiger partial charge on any atom is 0.228 e. The minimum atomic E-state index is -0.0141. The fourth-order valence-corrected chi connectivity index (χ4v) is 4.04. The summed E-state index contributed by atoms with van der Waals surface area (Å²) in [6.07, 6.45) is 3.92. The second-order valence-corrected chi connectivity index (χ2v) is 7.13. The molecule has 2 aliphatic heterocycles. The summed E-state index contributed by atoms with van der Waals surface area (Å²) in [4.78, 5) is 17.6. The summed E-state index contributed by atoms with van der Waals surface area (Å²) in [7, 11) is 4.02. The molecule has 0 aliphatic carbocycles. The molecule has 3 heterocycles. The number of nitrogens with one attached hydrogen (secondary N) is 1. The molecule has 1 fully saturated rings. The summed E-state index contributed by atoms with van der Waals surface area (Å²) >= 11 is 0. The average Bonchev–Trinajstić information content (AvgIpc) is 3.23. The van der Waals surface area contributed by atoms with Gasteiger partial charge < -0.3 is 15.1 Å². The Bertz CT molecular complexity index is 771. The zero-order valence-corrected chi connectivity index (χ0v) is 14.9. The number of carbonyl (C=O) groups is 1. The highest BCUT2D eigenvalue weighted by molar-refractivity contribution is 5.81. The Morgan fingerprint density at radius 3 is 2.84 bits per heavy atom. The molecule has 6 nitrogen and oxygen atoms in total. The van der Waals surface area contributed by atoms with Gasteiger partial charge in [0.05, 0.1) is 12.1 Å². The fourth-order valence-electron chi connectivity index (χ4n) is 4.04. The van der Waals surface area contributed by atoms with Crippen LogP contribution in [0.5, 0.6) is 0 Å². The lowest BCUT2D eigenvalue weighted by molar-refractivity contribution is -0.135. The van der Waals surface area contributed by atoms with Crippen molar-refractivity contribution < 1.29 is 4.79 Å². The molecule has 2 aliphatic rings. The predicted octanol–water partition coefficient (Wildman–Crippen LogP) is 1.20. The summed E-state index contributed by atoms with van der Waals surface area (Å²) in [6, 6.07) is 8.38. The third-order valence-electron chi connectivity index (χ3n) is 5.47. The van der Waals surface area contributed by atoms with Crippen LogP contribution in [0, 0.1) is 5.92 Å². The highest BCUT2D eigenvalue weighted by Crippen LogP contribution is 2.31. The van der Waals surface area contributed by atoms with E-state index in [1.54, 1.807) is 0 Å². The van der Waals surface area contributed by atoms with Crippen molar-refractivity contribution >= 4 is 11.6 Å². The molecule has 2 aromatic rings. The molecule has 132 valence electrons. The number of anilines is 1. The van der Waals surface area contributed by atoms with Crippen molar-refractivity contribution in [1.29, 1.82) is 0 Å². The second-order valence-electron chi connectivity index (χ2n) is 7.13. The number of carbonyl (C=O) groups excluding carboxylic acids is 1. The zero-order valence-electron chi connectivity index (χ0n) is 14.9. The maximum atomic E-state index is 13.3. The van der Waals surface area contributed by atoms with Gasteiger partial charge in [0.25, 0.3) is 0 Å². The molecule has 0 radical (unpaired) electrons. The first-order chi connectivity index (χ1) is 12.1. The Balaban J connectivity index is 1.56. The summed E-state index contributed by atoms with van der Waals surface area (Å²) in [5.74, 6) is 0.446. The lowest BCUT2D eigenvalue weighted by atomic mass is 9.89. The van der Waals surface area contributed by atoms with Crippen LogP contribution in [0.3, 0.4) is 0 Å². The molecular formula is C19H25N5O. The maximum absolute atomic E-state index is 13.3. The van der Waals surface area contributed by atoms with Gasteiger partial charge >= 0.3 is 0 Å². The first-order valence-electron chi connectivity index (χ1n) is 8.90. The van der Waals surface area contributed by atoms with Gasteiger partial charge in [0.15, 0.2) is 0 Å². The van der Waals surface area contributed by atoms with Crippen LogP contribution in [0.15, 0.2) is 36.7 Å². The predicted molar refractivity (Wildman–Crippen MR) is 97.4 cm³/mol. The monoisotopic (exact) mass is 339 g/mol. The van der Waals surface area contributed by atoms with E-state index >= 15 is 0 Å². The SMILES string of the molecule is CN1CCN(C(=O)[C@H]2CNC[C@@H]2c2cnn(C)c2)Cc2ccccc21. The summed E-state index contributed by atoms with van der Waals surface area (Å²) in [5.41, 5.74) is 3.60. The van der Waals surface area contributed by atoms with Gasteiger partial charge in [-0.2, -0.15) is 5.10 Å². The number of aryl methyl sites for hydroxylation is 1. The molecule has 1 N–H and O–H groups in total. The van der Waals surface area contributed by atoms with Crippen molar-refractivity contribution in [2.45, 2.75) is 12.5 Å². The fraction of sp³-hybridized carbons (Fsp3) is 0.474. The molecule has 2 atom stereocenters. The van der Waals surface area contributed by atoms with Crippen LogP contribution in [0.4, 0.5) is 5.69 Å². The van der Waals surface area contributed by atoms with Crippen LogP contribution in [0.1, 0.15) is 17.0 Å². The van der Waals surface area contributed by atoms with Crippen LogP contribution in [0.2, 0.25) is 0 Å². The molecule has 1 aromatic heterocycles. The summed E-state index contributed by atoms with van der Waals surface area (Å²) < 4.78 is 1.81. The van der Waals surface area contributed by atoms with Gasteiger partial charge in [-0.25, -0.2) is 0 Å². The number of fused-ring (bicyclic) bond motifs is 1. The normalized spacial score (nSPS) is 23.4. The van der Waals surface area contributed by atoms with E-state index < -0.39 is 0 Å². The van der Waals surface area contributed by atoms with Gasteiger partial charge in [-0.15, -0.1) is 0 Å². The molecule has 6 heteroatoms. The topological polar surface area (TPSA) is 53.4 Å². The van der Waals surface area contributed by atoms with Crippen molar-refractivity contribution in [1.82, 2.24) is 20.0 Å². The molecular weight excluding hydrogens is 314 g/mol. The van der Waals surface area contributed by atoms with Gasteiger partial charge in [-0.1, -0.05) is 18.2 Å². The van der Waals surface area contributed by atoms with Gasteiger partial charge in [0, 0.05) is 64.6 Å². The number of amides is 1. The van der Waals surface area contributed by atoms with Crippen LogP contribution < -0.4 is 10.2 Å². The minimum absolute atomic E-state index is 0.0141. The van der Waals surface area contributed by atoms with Gasteiger partial charge in [0.2, 0.25) is 5.91 Å². The minimum Gasteiger partial charge on any atom is -0.373 e. The van der Waals surface area contributed by atoms with E-state index in [0.29, 0.717) is 6.54 Å². The molecule has 0 bridgehead atoms. The van der Waals surface area contributed by atoms with E-state index in [1.165, 1.54) is 11.3 Å². The van der Waals surface area contributed by atoms with E-state index in [9.17, 15) is 4.79 Å². The van der Waals surface area contributed by atoms with Gasteiger partial charge in [0.1, 0.15) is 0 Å². The second kappa shape index (κ2) is 6.52. The number of hydrogen-bond acceptors (Lipinski definition) is 4. The van der Waals surface area contributed by atoms with Gasteiger partial charge in [-0.3, -0.25) is 9.48 Å². The highest BCUT2D eigenvalue weighted by atomic mass is 16.2. The zero-order chi connectivity index (χ0) is 17.4. The van der Waals surface area contributed by atoms with E-state index in [2.05, 4.69) is 46.6 Å². The average molecular weight is 339 g/mol. The third kappa shape index (κ3) is 3.02. The lowest BCUT2D eigenvalue weighted by Gasteiger charge is -2.26. The van der Waals surface area contributed by atoms with Crippen molar-refractivity contribution in [3.63, 3.8) is 0 Å². The van der Waals surface area contributed by atoms with Crippen molar-refractivity contribution in [3.05, 3.63) is 47.8 Å². The van der Waals surface area contributed by atoms with Crippen molar-refractivity contribution in [2.75, 3.05) is 38.1 Å². The van der Waals surface area contributed by atoms with Gasteiger partial charge in [-0.05, 0) is 17.2 Å². The smallest absolute Gasteiger partial charge is 0.228 e. The van der Waals surface area contributed by atoms with Crippen LogP contribution in [-0.2, 0) is 18.4 Å². The van der Waals surface area contributed by atoms with Crippen molar-refractivity contribution in [2.24, 2.45) is 13.0 Å². The first kappa shape index (κ1) is 16.1. The number of likely N-dealkylation sites (N-methyl/N-ethyl adjacent to an activating group) is 1. The van der Waals surface area contributed by atoms with E-state index in [0.717, 1.165) is 31.7 Å². The molecule has 0 unspecified atom stereocenters. The number of hydrogen-bond donors (Lipinski definition) is 1. The molecule has 0 spiro atoms. The lowest BCUT2D eigenvalue weighted by Crippen LogP contribution is -2.40. The van der Waals surface area contributed by atoms with Crippen LogP contribution >= 0.6 is 0 Å². The van der Waals surface area contributed by atoms with E-state index in [-0.39, 0.29) is 17.7 Å². The third-order valence-corrected chi connectivity index (χ3v) is 5.47. The Labute approximate surface area is 148 Å². The Kier molecular flexibility index (Phi) is 4.21. The Hall–Kier alpha value is -2.34. The van der Waals surface area contributed by atoms with Crippen molar-refractivity contribution in [3.8, 4) is 0 Å². The first-order valence-corrected chi connectivity index (χ1v) is 8.90. The van der Waals surface area contributed by atoms with Crippen LogP contribution in [-0.4, -0.2) is 53.8 Å². The molecule has 0 saturated carbocycles. The Morgan fingerprint density at radius 1 is 1.20 bits per heavy atom. The number of para-hydroxylation sites is 1. The quantitative estimate of drug-likeness (QED) is 0.893. The molecule has 1 saturated heterocycles. The standard InChI is InChI=1S/C19H25N5O/c1-22-7-8-24(13-14-5-3-4-6-18(14)22)19(25)17-11-20-10-16(17)15-9-21-23(2)12-15/h3-6,9,12,16-17,20H,7-8,10-11,13H2,1-2H3/t16-,17+/m1/s1. The van der Waals surface area contributed by atoms with Crippen LogP contribution in [0.25, 0.3) is 0 Å². The summed E-state index contributed by atoms with van der Waals surface area (Å²) in [6.45, 7) is 3.90. The highest BCUT2D eigenvalue weighted by Gasteiger charge is 2.37. The molecule has 1 aromatic carbocycles. The number of aromatic nitrogens is 2. The van der Waals surface area contributed by atoms with E-state index in [4.69, 9.17) is 0 Å².